The molecule has 3 aliphatic rings. The van der Waals surface area contributed by atoms with Crippen molar-refractivity contribution < 1.29 is 5.11 Å². The van der Waals surface area contributed by atoms with Gasteiger partial charge in [-0.1, -0.05) is 6.07 Å². The summed E-state index contributed by atoms with van der Waals surface area (Å²) in [5.41, 5.74) is 0. The smallest absolute Gasteiger partial charge is 0.0622 e. The maximum atomic E-state index is 10.3. The predicted octanol–water partition coefficient (Wildman–Crippen LogP) is 2.94. The summed E-state index contributed by atoms with van der Waals surface area (Å²) < 4.78 is 0. The normalized spacial score (nSPS) is 45.7. The first kappa shape index (κ1) is 9.67. The lowest BCUT2D eigenvalue weighted by atomic mass is 9.97. The van der Waals surface area contributed by atoms with Gasteiger partial charge in [0.15, 0.2) is 0 Å². The van der Waals surface area contributed by atoms with Crippen LogP contribution in [0.4, 0.5) is 0 Å². The van der Waals surface area contributed by atoms with Crippen LogP contribution in [-0.2, 0) is 6.42 Å². The van der Waals surface area contributed by atoms with Crippen molar-refractivity contribution in [2.24, 2.45) is 29.6 Å². The lowest BCUT2D eigenvalue weighted by Gasteiger charge is -2.14. The zero-order valence-corrected chi connectivity index (χ0v) is 10.2. The highest BCUT2D eigenvalue weighted by molar-refractivity contribution is 7.09. The van der Waals surface area contributed by atoms with Gasteiger partial charge in [-0.2, -0.15) is 0 Å². The maximum absolute atomic E-state index is 10.3. The van der Waals surface area contributed by atoms with Gasteiger partial charge in [0.25, 0.3) is 0 Å². The standard InChI is InChI=1S/C14H18OS/c15-11(7-10-2-1-5-16-10)14-12-8-3-4-9(6-8)13(12)14/h1-2,5,8-9,11-15H,3-4,6-7H2. The van der Waals surface area contributed by atoms with Crippen LogP contribution in [0, 0.1) is 29.6 Å². The molecule has 1 aromatic rings. The fourth-order valence-corrected chi connectivity index (χ4v) is 5.43. The van der Waals surface area contributed by atoms with Crippen LogP contribution >= 0.6 is 11.3 Å². The van der Waals surface area contributed by atoms with E-state index >= 15 is 0 Å². The molecule has 1 N–H and O–H groups in total. The molecule has 5 unspecified atom stereocenters. The van der Waals surface area contributed by atoms with E-state index in [1.54, 1.807) is 11.3 Å². The van der Waals surface area contributed by atoms with E-state index in [9.17, 15) is 5.11 Å². The summed E-state index contributed by atoms with van der Waals surface area (Å²) in [6.45, 7) is 0. The molecule has 2 heteroatoms. The van der Waals surface area contributed by atoms with Crippen LogP contribution in [-0.4, -0.2) is 11.2 Å². The monoisotopic (exact) mass is 234 g/mol. The van der Waals surface area contributed by atoms with E-state index in [-0.39, 0.29) is 6.10 Å². The van der Waals surface area contributed by atoms with Gasteiger partial charge in [0.2, 0.25) is 0 Å². The summed E-state index contributed by atoms with van der Waals surface area (Å²) in [5.74, 6) is 4.45. The van der Waals surface area contributed by atoms with Crippen LogP contribution < -0.4 is 0 Å². The molecule has 2 bridgehead atoms. The van der Waals surface area contributed by atoms with Crippen molar-refractivity contribution in [3.63, 3.8) is 0 Å². The molecular weight excluding hydrogens is 216 g/mol. The largest absolute Gasteiger partial charge is 0.392 e. The number of aliphatic hydroxyl groups excluding tert-OH is 1. The van der Waals surface area contributed by atoms with Gasteiger partial charge >= 0.3 is 0 Å². The van der Waals surface area contributed by atoms with Crippen molar-refractivity contribution in [3.05, 3.63) is 22.4 Å². The molecule has 3 saturated carbocycles. The summed E-state index contributed by atoms with van der Waals surface area (Å²) >= 11 is 1.78. The van der Waals surface area contributed by atoms with Crippen molar-refractivity contribution in [3.8, 4) is 0 Å². The van der Waals surface area contributed by atoms with Gasteiger partial charge in [-0.3, -0.25) is 0 Å². The van der Waals surface area contributed by atoms with Crippen LogP contribution in [0.25, 0.3) is 0 Å². The van der Waals surface area contributed by atoms with E-state index in [4.69, 9.17) is 0 Å². The second-order valence-electron chi connectivity index (χ2n) is 5.92. The van der Waals surface area contributed by atoms with E-state index in [0.29, 0.717) is 5.92 Å². The van der Waals surface area contributed by atoms with E-state index in [1.165, 1.54) is 24.1 Å². The Morgan fingerprint density at radius 1 is 1.31 bits per heavy atom. The number of thiophene rings is 1. The number of aliphatic hydroxyl groups is 1. The van der Waals surface area contributed by atoms with Gasteiger partial charge in [-0.05, 0) is 60.3 Å². The molecule has 0 radical (unpaired) electrons. The summed E-state index contributed by atoms with van der Waals surface area (Å²) in [7, 11) is 0. The first-order valence-electron chi connectivity index (χ1n) is 6.55. The van der Waals surface area contributed by atoms with Crippen LogP contribution in [0.15, 0.2) is 17.5 Å². The van der Waals surface area contributed by atoms with E-state index in [1.807, 2.05) is 0 Å². The van der Waals surface area contributed by atoms with Crippen LogP contribution in [0.1, 0.15) is 24.1 Å². The summed E-state index contributed by atoms with van der Waals surface area (Å²) in [6.07, 6.45) is 5.23. The third-order valence-electron chi connectivity index (χ3n) is 5.23. The number of hydrogen-bond acceptors (Lipinski definition) is 2. The summed E-state index contributed by atoms with van der Waals surface area (Å²) in [5, 5.41) is 12.4. The highest BCUT2D eigenvalue weighted by Crippen LogP contribution is 2.70. The molecule has 0 aliphatic heterocycles. The van der Waals surface area contributed by atoms with E-state index in [2.05, 4.69) is 17.5 Å². The third-order valence-corrected chi connectivity index (χ3v) is 6.13. The van der Waals surface area contributed by atoms with Crippen molar-refractivity contribution in [1.82, 2.24) is 0 Å². The molecule has 5 atom stereocenters. The Morgan fingerprint density at radius 3 is 2.69 bits per heavy atom. The van der Waals surface area contributed by atoms with Crippen molar-refractivity contribution in [2.45, 2.75) is 31.8 Å². The lowest BCUT2D eigenvalue weighted by Crippen LogP contribution is -2.17. The zero-order chi connectivity index (χ0) is 10.7. The minimum Gasteiger partial charge on any atom is -0.392 e. The molecule has 3 fully saturated rings. The Labute approximate surface area is 100 Å². The van der Waals surface area contributed by atoms with Crippen molar-refractivity contribution in [1.29, 1.82) is 0 Å². The molecule has 16 heavy (non-hydrogen) atoms. The first-order chi connectivity index (χ1) is 7.84. The van der Waals surface area contributed by atoms with Gasteiger partial charge in [-0.15, -0.1) is 11.3 Å². The van der Waals surface area contributed by atoms with Crippen molar-refractivity contribution in [2.75, 3.05) is 0 Å². The number of fused-ring (bicyclic) bond motifs is 5. The average Bonchev–Trinajstić information content (AvgIpc) is 2.73. The molecule has 0 saturated heterocycles. The molecule has 0 aromatic carbocycles. The second kappa shape index (κ2) is 3.33. The molecule has 1 nitrogen and oxygen atoms in total. The number of hydrogen-bond donors (Lipinski definition) is 1. The minimum absolute atomic E-state index is 0.0583. The molecule has 3 aliphatic carbocycles. The Kier molecular flexibility index (Phi) is 2.01. The van der Waals surface area contributed by atoms with Gasteiger partial charge in [0, 0.05) is 11.3 Å². The third kappa shape index (κ3) is 1.26. The van der Waals surface area contributed by atoms with Gasteiger partial charge < -0.3 is 5.11 Å². The summed E-state index contributed by atoms with van der Waals surface area (Å²) in [4.78, 5) is 1.35. The molecule has 0 spiro atoms. The van der Waals surface area contributed by atoms with Gasteiger partial charge in [-0.25, -0.2) is 0 Å². The fraction of sp³-hybridized carbons (Fsp3) is 0.714. The SMILES string of the molecule is OC(Cc1cccs1)C1C2C3CCC(C3)C12. The van der Waals surface area contributed by atoms with Crippen LogP contribution in [0.3, 0.4) is 0 Å². The predicted molar refractivity (Wildman–Crippen MR) is 65.3 cm³/mol. The van der Waals surface area contributed by atoms with Gasteiger partial charge in [0.1, 0.15) is 0 Å². The quantitative estimate of drug-likeness (QED) is 0.852. The molecule has 1 aromatic heterocycles. The molecular formula is C14H18OS. The molecule has 86 valence electrons. The highest BCUT2D eigenvalue weighted by Gasteiger charge is 2.66. The number of rotatable bonds is 3. The topological polar surface area (TPSA) is 20.2 Å². The second-order valence-corrected chi connectivity index (χ2v) is 6.95. The first-order valence-corrected chi connectivity index (χ1v) is 7.43. The van der Waals surface area contributed by atoms with E-state index in [0.717, 1.165) is 30.1 Å². The molecule has 1 heterocycles. The fourth-order valence-electron chi connectivity index (χ4n) is 4.68. The van der Waals surface area contributed by atoms with Gasteiger partial charge in [0.05, 0.1) is 6.10 Å². The van der Waals surface area contributed by atoms with Crippen LogP contribution in [0.2, 0.25) is 0 Å². The zero-order valence-electron chi connectivity index (χ0n) is 9.38. The highest BCUT2D eigenvalue weighted by atomic mass is 32.1. The lowest BCUT2D eigenvalue weighted by molar-refractivity contribution is 0.129. The van der Waals surface area contributed by atoms with E-state index < -0.39 is 0 Å². The molecule has 4 rings (SSSR count). The molecule has 0 amide bonds. The van der Waals surface area contributed by atoms with Crippen molar-refractivity contribution >= 4 is 11.3 Å². The summed E-state index contributed by atoms with van der Waals surface area (Å²) in [6, 6.07) is 4.24. The Hall–Kier alpha value is -0.340. The maximum Gasteiger partial charge on any atom is 0.0622 e. The minimum atomic E-state index is -0.0583. The Bertz CT molecular complexity index is 369. The Morgan fingerprint density at radius 2 is 2.06 bits per heavy atom. The van der Waals surface area contributed by atoms with Crippen LogP contribution in [0.5, 0.6) is 0 Å². The average molecular weight is 234 g/mol. The Balaban J connectivity index is 1.45.